The molecule has 0 saturated carbocycles. The van der Waals surface area contributed by atoms with Gasteiger partial charge >= 0.3 is 17.9 Å². The van der Waals surface area contributed by atoms with Crippen molar-refractivity contribution >= 4 is 41.1 Å². The van der Waals surface area contributed by atoms with Gasteiger partial charge in [-0.2, -0.15) is 0 Å². The van der Waals surface area contributed by atoms with E-state index in [0.29, 0.717) is 12.8 Å². The first-order chi connectivity index (χ1) is 28.1. The quantitative estimate of drug-likeness (QED) is 0.0231. The monoisotopic (exact) mass is 863 g/mol. The molecule has 0 saturated heterocycles. The minimum Gasteiger partial charge on any atom is -0.481 e. The molecule has 0 unspecified atom stereocenters. The van der Waals surface area contributed by atoms with Gasteiger partial charge in [0, 0.05) is 12.8 Å². The van der Waals surface area contributed by atoms with Crippen molar-refractivity contribution in [2.45, 2.75) is 261 Å². The summed E-state index contributed by atoms with van der Waals surface area (Å²) in [6.45, 7) is 0. The highest BCUT2D eigenvalue weighted by Gasteiger charge is 2.06. The number of allylic oxidation sites excluding steroid dienone is 2. The second kappa shape index (κ2) is 48.1. The molecule has 0 aliphatic rings. The van der Waals surface area contributed by atoms with Gasteiger partial charge in [0.15, 0.2) is 0 Å². The molecule has 0 aromatic rings. The molecule has 0 bridgehead atoms. The Morgan fingerprint density at radius 1 is 0.362 bits per heavy atom. The molecule has 0 aliphatic carbocycles. The van der Waals surface area contributed by atoms with Crippen molar-refractivity contribution in [1.29, 1.82) is 0 Å². The van der Waals surface area contributed by atoms with Gasteiger partial charge in [-0.1, -0.05) is 214 Å². The Morgan fingerprint density at radius 3 is 0.828 bits per heavy atom. The molecule has 0 amide bonds. The predicted octanol–water partition coefficient (Wildman–Crippen LogP) is 14.7. The summed E-state index contributed by atoms with van der Waals surface area (Å²) in [6.07, 6.45) is 51.7. The number of carbonyl (C=O) groups is 3. The van der Waals surface area contributed by atoms with Gasteiger partial charge in [-0.15, -0.1) is 0 Å². The SMILES string of the molecule is O=C(O)C(Cl)Cl.O=C(O)CCCCCCC/C=C\C[C@H](O)CCCCCCCCCCCCCCCCCCCCCC[C@@H](O)C/C=C\CCCCCCCC(=O)O. The first-order valence-corrected chi connectivity index (χ1v) is 24.5. The maximum Gasteiger partial charge on any atom is 0.337 e. The fourth-order valence-corrected chi connectivity index (χ4v) is 7.06. The summed E-state index contributed by atoms with van der Waals surface area (Å²) in [5.41, 5.74) is 0. The third kappa shape index (κ3) is 54.4. The number of aliphatic hydroxyl groups is 2. The topological polar surface area (TPSA) is 152 Å². The second-order valence-electron chi connectivity index (χ2n) is 16.4. The van der Waals surface area contributed by atoms with Gasteiger partial charge in [-0.25, -0.2) is 4.79 Å². The summed E-state index contributed by atoms with van der Waals surface area (Å²) in [7, 11) is 0. The van der Waals surface area contributed by atoms with Crippen LogP contribution in [-0.2, 0) is 14.4 Å². The number of alkyl halides is 2. The molecule has 0 aromatic heterocycles. The fourth-order valence-electron chi connectivity index (χ4n) is 7.06. The number of hydrogen-bond donors (Lipinski definition) is 5. The molecular formula is C48H88Cl2O8. The van der Waals surface area contributed by atoms with Gasteiger partial charge in [0.05, 0.1) is 12.2 Å². The summed E-state index contributed by atoms with van der Waals surface area (Å²) in [5.74, 6) is -2.59. The van der Waals surface area contributed by atoms with Crippen molar-refractivity contribution < 1.29 is 39.9 Å². The van der Waals surface area contributed by atoms with E-state index in [4.69, 9.17) is 38.5 Å². The zero-order valence-electron chi connectivity index (χ0n) is 36.6. The molecule has 0 aromatic carbocycles. The van der Waals surface area contributed by atoms with Crippen LogP contribution in [0, 0.1) is 0 Å². The van der Waals surface area contributed by atoms with Gasteiger partial charge in [-0.3, -0.25) is 9.59 Å². The fraction of sp³-hybridized carbons (Fsp3) is 0.854. The van der Waals surface area contributed by atoms with E-state index in [-0.39, 0.29) is 12.2 Å². The van der Waals surface area contributed by atoms with Gasteiger partial charge in [-0.05, 0) is 64.2 Å². The smallest absolute Gasteiger partial charge is 0.337 e. The van der Waals surface area contributed by atoms with Gasteiger partial charge in [0.25, 0.3) is 0 Å². The van der Waals surface area contributed by atoms with E-state index in [1.165, 1.54) is 116 Å². The van der Waals surface area contributed by atoms with Gasteiger partial charge < -0.3 is 25.5 Å². The van der Waals surface area contributed by atoms with Crippen LogP contribution in [0.4, 0.5) is 0 Å². The predicted molar refractivity (Wildman–Crippen MR) is 244 cm³/mol. The minimum absolute atomic E-state index is 0.196. The van der Waals surface area contributed by atoms with E-state index in [0.717, 1.165) is 116 Å². The van der Waals surface area contributed by atoms with E-state index in [1.54, 1.807) is 0 Å². The Labute approximate surface area is 365 Å². The number of aliphatic hydroxyl groups excluding tert-OH is 2. The van der Waals surface area contributed by atoms with Crippen molar-refractivity contribution in [1.82, 2.24) is 0 Å². The van der Waals surface area contributed by atoms with Gasteiger partial charge in [0.2, 0.25) is 4.84 Å². The van der Waals surface area contributed by atoms with Crippen LogP contribution in [-0.4, -0.2) is 60.5 Å². The minimum atomic E-state index is -1.29. The number of halogens is 2. The average molecular weight is 864 g/mol. The standard InChI is InChI=1S/C46H86O6.C2H2Cl2O2/c47-43(39-33-27-21-15-17-23-29-35-41-45(49)50)37-31-25-19-13-11-9-7-5-3-1-2-4-6-8-10-12-14-20-26-32-38-44(48)40-34-28-22-16-18-24-30-36-42-46(51)52;3-1(4)2(5)6/h27-28,33-34,43-44,47-48H,1-26,29-32,35-42H2,(H,49,50)(H,51,52);1H,(H,5,6)/b33-27-,34-28-;/t43-,44-;/m1./s1. The normalized spacial score (nSPS) is 12.6. The molecule has 342 valence electrons. The average Bonchev–Trinajstić information content (AvgIpc) is 3.18. The summed E-state index contributed by atoms with van der Waals surface area (Å²) < 4.78 is 0. The number of carboxylic acid groups (broad SMARTS) is 3. The van der Waals surface area contributed by atoms with Crippen molar-refractivity contribution in [2.75, 3.05) is 0 Å². The molecule has 0 fully saturated rings. The van der Waals surface area contributed by atoms with Crippen LogP contribution in [0.15, 0.2) is 24.3 Å². The third-order valence-electron chi connectivity index (χ3n) is 10.7. The van der Waals surface area contributed by atoms with Crippen LogP contribution >= 0.6 is 23.2 Å². The van der Waals surface area contributed by atoms with Crippen molar-refractivity contribution in [3.63, 3.8) is 0 Å². The summed E-state index contributed by atoms with van der Waals surface area (Å²) in [6, 6.07) is 0. The molecule has 0 heterocycles. The lowest BCUT2D eigenvalue weighted by atomic mass is 10.0. The number of aliphatic carboxylic acids is 3. The van der Waals surface area contributed by atoms with Gasteiger partial charge in [0.1, 0.15) is 0 Å². The maximum atomic E-state index is 10.5. The van der Waals surface area contributed by atoms with E-state index in [9.17, 15) is 24.6 Å². The summed E-state index contributed by atoms with van der Waals surface area (Å²) in [5, 5.41) is 45.4. The first kappa shape index (κ1) is 58.5. The molecule has 58 heavy (non-hydrogen) atoms. The van der Waals surface area contributed by atoms with Crippen LogP contribution in [0.25, 0.3) is 0 Å². The van der Waals surface area contributed by atoms with E-state index in [1.807, 2.05) is 0 Å². The molecular weight excluding hydrogens is 775 g/mol. The van der Waals surface area contributed by atoms with E-state index in [2.05, 4.69) is 24.3 Å². The maximum absolute atomic E-state index is 10.5. The second-order valence-corrected chi connectivity index (χ2v) is 17.5. The Kier molecular flexibility index (Phi) is 48.5. The lowest BCUT2D eigenvalue weighted by Crippen LogP contribution is -2.04. The Bertz CT molecular complexity index is 892. The van der Waals surface area contributed by atoms with Crippen LogP contribution < -0.4 is 0 Å². The Morgan fingerprint density at radius 2 is 0.586 bits per heavy atom. The number of carboxylic acids is 3. The summed E-state index contributed by atoms with van der Waals surface area (Å²) in [4.78, 5) is 29.1. The molecule has 0 aliphatic heterocycles. The first-order valence-electron chi connectivity index (χ1n) is 23.7. The zero-order chi connectivity index (χ0) is 43.2. The molecule has 0 rings (SSSR count). The highest BCUT2D eigenvalue weighted by Crippen LogP contribution is 2.17. The molecule has 0 spiro atoms. The van der Waals surface area contributed by atoms with Crippen molar-refractivity contribution in [3.05, 3.63) is 24.3 Å². The Balaban J connectivity index is 0. The number of hydrogen-bond acceptors (Lipinski definition) is 5. The molecule has 10 heteroatoms. The number of rotatable bonds is 44. The van der Waals surface area contributed by atoms with Crippen LogP contribution in [0.3, 0.4) is 0 Å². The van der Waals surface area contributed by atoms with Crippen molar-refractivity contribution in [3.8, 4) is 0 Å². The van der Waals surface area contributed by atoms with Crippen LogP contribution in [0.5, 0.6) is 0 Å². The highest BCUT2D eigenvalue weighted by molar-refractivity contribution is 6.52. The molecule has 2 atom stereocenters. The van der Waals surface area contributed by atoms with Crippen LogP contribution in [0.1, 0.15) is 244 Å². The lowest BCUT2D eigenvalue weighted by molar-refractivity contribution is -0.138. The molecule has 0 radical (unpaired) electrons. The largest absolute Gasteiger partial charge is 0.481 e. The molecule has 8 nitrogen and oxygen atoms in total. The third-order valence-corrected chi connectivity index (χ3v) is 11.1. The van der Waals surface area contributed by atoms with Crippen LogP contribution in [0.2, 0.25) is 0 Å². The lowest BCUT2D eigenvalue weighted by Gasteiger charge is -2.08. The summed E-state index contributed by atoms with van der Waals surface area (Å²) >= 11 is 9.56. The molecule has 5 N–H and O–H groups in total. The van der Waals surface area contributed by atoms with E-state index >= 15 is 0 Å². The van der Waals surface area contributed by atoms with Crippen molar-refractivity contribution in [2.24, 2.45) is 0 Å². The highest BCUT2D eigenvalue weighted by atomic mass is 35.5. The Hall–Kier alpha value is -1.61. The zero-order valence-corrected chi connectivity index (χ0v) is 38.1. The number of unbranched alkanes of at least 4 members (excludes halogenated alkanes) is 29. The van der Waals surface area contributed by atoms with E-state index < -0.39 is 22.7 Å².